The van der Waals surface area contributed by atoms with Crippen molar-refractivity contribution in [3.8, 4) is 0 Å². The molecule has 0 aromatic heterocycles. The van der Waals surface area contributed by atoms with Gasteiger partial charge in [-0.2, -0.15) is 0 Å². The molecule has 0 bridgehead atoms. The summed E-state index contributed by atoms with van der Waals surface area (Å²) in [5, 5.41) is 0. The molecule has 0 heterocycles. The number of hydrogen-bond donors (Lipinski definition) is 0. The van der Waals surface area contributed by atoms with E-state index >= 15 is 0 Å². The first-order valence-corrected chi connectivity index (χ1v) is 8.95. The second kappa shape index (κ2) is 7.50. The number of carbonyl (C=O) groups is 2. The zero-order valence-corrected chi connectivity index (χ0v) is 14.6. The Bertz CT molecular complexity index is 454. The summed E-state index contributed by atoms with van der Waals surface area (Å²) in [7, 11) is 0. The van der Waals surface area contributed by atoms with Crippen LogP contribution < -0.4 is 0 Å². The molecule has 0 spiro atoms. The van der Waals surface area contributed by atoms with Gasteiger partial charge in [-0.05, 0) is 65.2 Å². The summed E-state index contributed by atoms with van der Waals surface area (Å²) >= 11 is 0. The van der Waals surface area contributed by atoms with Crippen molar-refractivity contribution in [2.45, 2.75) is 95.7 Å². The Kier molecular flexibility index (Phi) is 5.88. The van der Waals surface area contributed by atoms with Gasteiger partial charge in [-0.1, -0.05) is 19.4 Å². The maximum atomic E-state index is 12.5. The topological polar surface area (TPSA) is 52.6 Å². The van der Waals surface area contributed by atoms with E-state index in [-0.39, 0.29) is 18.0 Å². The summed E-state index contributed by atoms with van der Waals surface area (Å²) in [5.41, 5.74) is -0.664. The van der Waals surface area contributed by atoms with E-state index in [9.17, 15) is 9.59 Å². The van der Waals surface area contributed by atoms with Gasteiger partial charge >= 0.3 is 11.9 Å². The molecule has 2 aliphatic rings. The Morgan fingerprint density at radius 2 is 1.43 bits per heavy atom. The third-order valence-corrected chi connectivity index (χ3v) is 5.16. The predicted octanol–water partition coefficient (Wildman–Crippen LogP) is 4.46. The van der Waals surface area contributed by atoms with E-state index in [4.69, 9.17) is 9.47 Å². The minimum Gasteiger partial charge on any atom is -0.459 e. The third kappa shape index (κ3) is 5.08. The summed E-state index contributed by atoms with van der Waals surface area (Å²) in [5.74, 6) is -0.630. The van der Waals surface area contributed by atoms with E-state index < -0.39 is 11.6 Å². The van der Waals surface area contributed by atoms with Crippen molar-refractivity contribution in [2.24, 2.45) is 0 Å². The average molecular weight is 322 g/mol. The molecule has 0 amide bonds. The van der Waals surface area contributed by atoms with Crippen LogP contribution in [0.1, 0.15) is 84.5 Å². The average Bonchev–Trinajstić information content (AvgIpc) is 2.47. The number of carbonyl (C=O) groups excluding carboxylic acids is 2. The van der Waals surface area contributed by atoms with Gasteiger partial charge in [0.2, 0.25) is 0 Å². The van der Waals surface area contributed by atoms with Gasteiger partial charge in [-0.15, -0.1) is 0 Å². The second-order valence-electron chi connectivity index (χ2n) is 7.57. The maximum absolute atomic E-state index is 12.5. The normalized spacial score (nSPS) is 22.9. The largest absolute Gasteiger partial charge is 0.459 e. The monoisotopic (exact) mass is 322 g/mol. The van der Waals surface area contributed by atoms with E-state index in [1.165, 1.54) is 6.42 Å². The summed E-state index contributed by atoms with van der Waals surface area (Å²) in [6.07, 6.45) is 10.0. The molecular weight excluding hydrogens is 292 g/mol. The van der Waals surface area contributed by atoms with Crippen LogP contribution in [0.2, 0.25) is 0 Å². The molecule has 4 nitrogen and oxygen atoms in total. The number of rotatable bonds is 5. The van der Waals surface area contributed by atoms with Gasteiger partial charge in [0.1, 0.15) is 11.2 Å². The zero-order chi connectivity index (χ0) is 16.9. The lowest BCUT2D eigenvalue weighted by Gasteiger charge is -2.38. The Hall–Kier alpha value is -1.32. The molecule has 0 radical (unpaired) electrons. The zero-order valence-electron chi connectivity index (χ0n) is 14.6. The van der Waals surface area contributed by atoms with Crippen LogP contribution in [0.3, 0.4) is 0 Å². The molecule has 0 aliphatic heterocycles. The van der Waals surface area contributed by atoms with E-state index in [1.807, 2.05) is 6.92 Å². The van der Waals surface area contributed by atoms with Crippen molar-refractivity contribution in [3.63, 3.8) is 0 Å². The number of esters is 2. The van der Waals surface area contributed by atoms with Crippen molar-refractivity contribution < 1.29 is 19.1 Å². The van der Waals surface area contributed by atoms with Crippen LogP contribution in [0, 0.1) is 0 Å². The van der Waals surface area contributed by atoms with Crippen molar-refractivity contribution in [1.29, 1.82) is 0 Å². The maximum Gasteiger partial charge on any atom is 0.333 e. The molecule has 0 unspecified atom stereocenters. The molecule has 0 aromatic carbocycles. The van der Waals surface area contributed by atoms with Crippen molar-refractivity contribution in [1.82, 2.24) is 0 Å². The quantitative estimate of drug-likeness (QED) is 0.554. The lowest BCUT2D eigenvalue weighted by atomic mass is 9.81. The lowest BCUT2D eigenvalue weighted by Crippen LogP contribution is -2.42. The highest BCUT2D eigenvalue weighted by Crippen LogP contribution is 2.37. The summed E-state index contributed by atoms with van der Waals surface area (Å²) in [6.45, 7) is 7.31. The number of ether oxygens (including phenoxy) is 2. The van der Waals surface area contributed by atoms with Crippen molar-refractivity contribution in [3.05, 3.63) is 12.2 Å². The molecule has 23 heavy (non-hydrogen) atoms. The molecule has 2 saturated carbocycles. The van der Waals surface area contributed by atoms with Crippen molar-refractivity contribution >= 4 is 11.9 Å². The fourth-order valence-corrected chi connectivity index (χ4v) is 3.77. The van der Waals surface area contributed by atoms with Gasteiger partial charge in [0.25, 0.3) is 0 Å². The summed E-state index contributed by atoms with van der Waals surface area (Å²) in [4.78, 5) is 24.5. The predicted molar refractivity (Wildman–Crippen MR) is 88.9 cm³/mol. The van der Waals surface area contributed by atoms with Crippen LogP contribution in [0.25, 0.3) is 0 Å². The second-order valence-corrected chi connectivity index (χ2v) is 7.57. The van der Waals surface area contributed by atoms with Crippen LogP contribution in [-0.4, -0.2) is 23.1 Å². The molecule has 2 aliphatic carbocycles. The fourth-order valence-electron chi connectivity index (χ4n) is 3.77. The molecule has 0 N–H and O–H groups in total. The Morgan fingerprint density at radius 1 is 0.913 bits per heavy atom. The molecule has 130 valence electrons. The molecule has 0 aromatic rings. The lowest BCUT2D eigenvalue weighted by molar-refractivity contribution is -0.175. The molecular formula is C19H30O4. The van der Waals surface area contributed by atoms with Gasteiger partial charge in [0.05, 0.1) is 6.42 Å². The third-order valence-electron chi connectivity index (χ3n) is 5.16. The van der Waals surface area contributed by atoms with E-state index in [2.05, 4.69) is 6.58 Å². The first-order chi connectivity index (χ1) is 10.8. The first kappa shape index (κ1) is 18.0. The van der Waals surface area contributed by atoms with E-state index in [1.54, 1.807) is 6.92 Å². The fraction of sp³-hybridized carbons (Fsp3) is 0.789. The van der Waals surface area contributed by atoms with Gasteiger partial charge in [-0.25, -0.2) is 4.79 Å². The minimum atomic E-state index is -0.698. The minimum absolute atomic E-state index is 0.168. The standard InChI is InChI=1S/C19H30O4/c1-15(2)17(21)23-19(12-8-5-9-13-19)14-16(20)22-18(3)10-6-4-7-11-18/h1,4-14H2,2-3H3. The molecule has 2 fully saturated rings. The Labute approximate surface area is 139 Å². The van der Waals surface area contributed by atoms with Crippen LogP contribution in [0.4, 0.5) is 0 Å². The molecule has 0 saturated heterocycles. The van der Waals surface area contributed by atoms with E-state index in [0.29, 0.717) is 5.57 Å². The summed E-state index contributed by atoms with van der Waals surface area (Å²) in [6, 6.07) is 0. The number of hydrogen-bond acceptors (Lipinski definition) is 4. The first-order valence-electron chi connectivity index (χ1n) is 8.95. The molecule has 4 heteroatoms. The van der Waals surface area contributed by atoms with Crippen LogP contribution >= 0.6 is 0 Å². The highest BCUT2D eigenvalue weighted by molar-refractivity contribution is 5.87. The van der Waals surface area contributed by atoms with Gasteiger partial charge < -0.3 is 9.47 Å². The smallest absolute Gasteiger partial charge is 0.333 e. The molecule has 2 rings (SSSR count). The Morgan fingerprint density at radius 3 is 1.96 bits per heavy atom. The van der Waals surface area contributed by atoms with Gasteiger partial charge in [0, 0.05) is 5.57 Å². The highest BCUT2D eigenvalue weighted by Gasteiger charge is 2.40. The van der Waals surface area contributed by atoms with Gasteiger partial charge in [0.15, 0.2) is 0 Å². The highest BCUT2D eigenvalue weighted by atomic mass is 16.6. The van der Waals surface area contributed by atoms with Crippen molar-refractivity contribution in [2.75, 3.05) is 0 Å². The molecule has 0 atom stereocenters. The van der Waals surface area contributed by atoms with E-state index in [0.717, 1.165) is 57.8 Å². The van der Waals surface area contributed by atoms with Crippen LogP contribution in [0.15, 0.2) is 12.2 Å². The van der Waals surface area contributed by atoms with Gasteiger partial charge in [-0.3, -0.25) is 4.79 Å². The Balaban J connectivity index is 2.00. The van der Waals surface area contributed by atoms with Crippen LogP contribution in [-0.2, 0) is 19.1 Å². The van der Waals surface area contributed by atoms with Crippen LogP contribution in [0.5, 0.6) is 0 Å². The summed E-state index contributed by atoms with van der Waals surface area (Å²) < 4.78 is 11.5. The SMILES string of the molecule is C=C(C)C(=O)OC1(CC(=O)OC2(C)CCCCC2)CCCCC1.